The standard InChI is InChI=1S/C23H21N5O2/c1-13-10-18-19(11-14(13)2)28(21-20(25-18)22(29)27-23(30)26-21)9-5-6-15-12-24-17-8-4-3-7-16(15)17/h3-4,7-8,10-12,24H,5-6,9H2,1-2H3,(H,27,29,30). The minimum Gasteiger partial charge on any atom is -0.361 e. The molecule has 0 aliphatic carbocycles. The highest BCUT2D eigenvalue weighted by molar-refractivity contribution is 5.83. The maximum Gasteiger partial charge on any atom is 0.349 e. The van der Waals surface area contributed by atoms with Gasteiger partial charge in [0.15, 0.2) is 11.5 Å². The van der Waals surface area contributed by atoms with Crippen LogP contribution in [0.2, 0.25) is 0 Å². The summed E-state index contributed by atoms with van der Waals surface area (Å²) < 4.78 is 1.95. The van der Waals surface area contributed by atoms with Crippen LogP contribution in [0.1, 0.15) is 23.1 Å². The van der Waals surface area contributed by atoms with Gasteiger partial charge in [0.25, 0.3) is 5.56 Å². The summed E-state index contributed by atoms with van der Waals surface area (Å²) >= 11 is 0. The molecule has 2 aliphatic rings. The topological polar surface area (TPSA) is 96.4 Å². The van der Waals surface area contributed by atoms with E-state index in [0.29, 0.717) is 12.4 Å². The fourth-order valence-electron chi connectivity index (χ4n) is 4.04. The molecule has 0 bridgehead atoms. The van der Waals surface area contributed by atoms with Gasteiger partial charge >= 0.3 is 5.69 Å². The van der Waals surface area contributed by atoms with E-state index < -0.39 is 11.2 Å². The molecule has 0 fully saturated rings. The molecule has 7 heteroatoms. The van der Waals surface area contributed by atoms with Gasteiger partial charge in [0, 0.05) is 23.6 Å². The Morgan fingerprint density at radius 3 is 2.70 bits per heavy atom. The van der Waals surface area contributed by atoms with E-state index in [1.165, 1.54) is 10.9 Å². The highest BCUT2D eigenvalue weighted by Crippen LogP contribution is 2.25. The normalized spacial score (nSPS) is 11.7. The van der Waals surface area contributed by atoms with Gasteiger partial charge in [-0.3, -0.25) is 9.78 Å². The van der Waals surface area contributed by atoms with Crippen molar-refractivity contribution in [2.75, 3.05) is 0 Å². The van der Waals surface area contributed by atoms with E-state index in [1.54, 1.807) is 0 Å². The largest absolute Gasteiger partial charge is 0.361 e. The van der Waals surface area contributed by atoms with Crippen LogP contribution in [0.4, 0.5) is 0 Å². The summed E-state index contributed by atoms with van der Waals surface area (Å²) in [7, 11) is 0. The number of nitrogens with one attached hydrogen (secondary N) is 2. The zero-order valence-corrected chi connectivity index (χ0v) is 16.8. The second-order valence-corrected chi connectivity index (χ2v) is 7.69. The fraction of sp³-hybridized carbons (Fsp3) is 0.217. The molecule has 2 N–H and O–H groups in total. The van der Waals surface area contributed by atoms with Gasteiger partial charge in [-0.15, -0.1) is 0 Å². The molecular formula is C23H21N5O2. The van der Waals surface area contributed by atoms with Crippen LogP contribution >= 0.6 is 0 Å². The van der Waals surface area contributed by atoms with Gasteiger partial charge in [0.2, 0.25) is 0 Å². The molecule has 1 aromatic heterocycles. The smallest absolute Gasteiger partial charge is 0.349 e. The highest BCUT2D eigenvalue weighted by Gasteiger charge is 2.19. The summed E-state index contributed by atoms with van der Waals surface area (Å²) in [5, 5.41) is 1.22. The predicted molar refractivity (Wildman–Crippen MR) is 117 cm³/mol. The quantitative estimate of drug-likeness (QED) is 0.453. The number of aromatic nitrogens is 5. The number of fused-ring (bicyclic) bond motifs is 3. The lowest BCUT2D eigenvalue weighted by Gasteiger charge is -2.17. The van der Waals surface area contributed by atoms with Gasteiger partial charge in [-0.1, -0.05) is 18.2 Å². The lowest BCUT2D eigenvalue weighted by atomic mass is 10.1. The Kier molecular flexibility index (Phi) is 4.24. The van der Waals surface area contributed by atoms with E-state index in [-0.39, 0.29) is 5.69 Å². The molecule has 2 aromatic carbocycles. The number of hydrogen-bond donors (Lipinski definition) is 2. The number of hydrogen-bond acceptors (Lipinski definition) is 4. The third kappa shape index (κ3) is 2.99. The first-order chi connectivity index (χ1) is 14.5. The van der Waals surface area contributed by atoms with Gasteiger partial charge < -0.3 is 9.55 Å². The molecule has 0 saturated carbocycles. The number of nitrogens with zero attached hydrogens (tertiary/aromatic N) is 3. The second-order valence-electron chi connectivity index (χ2n) is 7.69. The Morgan fingerprint density at radius 1 is 1.03 bits per heavy atom. The molecule has 0 atom stereocenters. The number of para-hydroxylation sites is 1. The number of rotatable bonds is 4. The molecule has 3 aromatic rings. The maximum absolute atomic E-state index is 12.4. The lowest BCUT2D eigenvalue weighted by Crippen LogP contribution is -2.29. The summed E-state index contributed by atoms with van der Waals surface area (Å²) in [5.41, 5.74) is 5.23. The first-order valence-corrected chi connectivity index (χ1v) is 9.98. The van der Waals surface area contributed by atoms with Gasteiger partial charge in [-0.25, -0.2) is 9.78 Å². The Balaban J connectivity index is 1.59. The van der Waals surface area contributed by atoms with Crippen molar-refractivity contribution in [3.8, 4) is 11.5 Å². The summed E-state index contributed by atoms with van der Waals surface area (Å²) in [6, 6.07) is 12.3. The zero-order valence-electron chi connectivity index (χ0n) is 16.8. The third-order valence-electron chi connectivity index (χ3n) is 5.73. The average Bonchev–Trinajstić information content (AvgIpc) is 3.13. The minimum absolute atomic E-state index is 0.192. The van der Waals surface area contributed by atoms with Gasteiger partial charge in [-0.05, 0) is 61.6 Å². The molecule has 0 unspecified atom stereocenters. The Hall–Kier alpha value is -3.74. The van der Waals surface area contributed by atoms with Crippen LogP contribution in [-0.4, -0.2) is 24.5 Å². The molecule has 150 valence electrons. The number of aryl methyl sites for hydroxylation is 4. The maximum atomic E-state index is 12.4. The summed E-state index contributed by atoms with van der Waals surface area (Å²) in [6.45, 7) is 4.68. The van der Waals surface area contributed by atoms with Crippen LogP contribution in [0, 0.1) is 13.8 Å². The Bertz CT molecular complexity index is 1490. The molecule has 3 heterocycles. The van der Waals surface area contributed by atoms with Gasteiger partial charge in [0.05, 0.1) is 11.0 Å². The summed E-state index contributed by atoms with van der Waals surface area (Å²) in [4.78, 5) is 38.4. The molecule has 2 aliphatic heterocycles. The zero-order chi connectivity index (χ0) is 20.8. The molecule has 5 rings (SSSR count). The van der Waals surface area contributed by atoms with Crippen LogP contribution < -0.4 is 11.2 Å². The number of H-pyrrole nitrogens is 2. The monoisotopic (exact) mass is 399 g/mol. The van der Waals surface area contributed by atoms with E-state index in [1.807, 2.05) is 42.8 Å². The molecule has 30 heavy (non-hydrogen) atoms. The first kappa shape index (κ1) is 18.3. The first-order valence-electron chi connectivity index (χ1n) is 9.98. The van der Waals surface area contributed by atoms with Crippen molar-refractivity contribution < 1.29 is 0 Å². The number of benzene rings is 2. The van der Waals surface area contributed by atoms with Crippen LogP contribution in [0.5, 0.6) is 0 Å². The van der Waals surface area contributed by atoms with Crippen molar-refractivity contribution in [3.05, 3.63) is 80.1 Å². The van der Waals surface area contributed by atoms with E-state index in [4.69, 9.17) is 0 Å². The molecule has 7 nitrogen and oxygen atoms in total. The third-order valence-corrected chi connectivity index (χ3v) is 5.73. The second kappa shape index (κ2) is 6.95. The van der Waals surface area contributed by atoms with E-state index in [0.717, 1.165) is 40.5 Å². The lowest BCUT2D eigenvalue weighted by molar-refractivity contribution is 0.650. The van der Waals surface area contributed by atoms with Crippen molar-refractivity contribution in [2.24, 2.45) is 0 Å². The number of aromatic amines is 2. The van der Waals surface area contributed by atoms with E-state index in [9.17, 15) is 9.59 Å². The molecule has 0 spiro atoms. The molecular weight excluding hydrogens is 378 g/mol. The van der Waals surface area contributed by atoms with Crippen molar-refractivity contribution in [2.45, 2.75) is 33.2 Å². The van der Waals surface area contributed by atoms with Crippen molar-refractivity contribution in [1.82, 2.24) is 24.5 Å². The Labute approximate surface area is 171 Å². The van der Waals surface area contributed by atoms with Crippen molar-refractivity contribution >= 4 is 21.9 Å². The SMILES string of the molecule is Cc1cc2nc3c(=O)[nH]c(=O)nc-3n(CCCc3c[nH]c4ccccc34)c2cc1C. The van der Waals surface area contributed by atoms with E-state index >= 15 is 0 Å². The summed E-state index contributed by atoms with van der Waals surface area (Å²) in [6.07, 6.45) is 3.74. The predicted octanol–water partition coefficient (Wildman–Crippen LogP) is 3.32. The van der Waals surface area contributed by atoms with Crippen molar-refractivity contribution in [1.29, 1.82) is 0 Å². The van der Waals surface area contributed by atoms with Gasteiger partial charge in [-0.2, -0.15) is 4.98 Å². The Morgan fingerprint density at radius 2 is 1.83 bits per heavy atom. The molecule has 0 radical (unpaired) electrons. The van der Waals surface area contributed by atoms with Gasteiger partial charge in [0.1, 0.15) is 0 Å². The molecule has 0 amide bonds. The average molecular weight is 399 g/mol. The highest BCUT2D eigenvalue weighted by atomic mass is 16.2. The van der Waals surface area contributed by atoms with Crippen molar-refractivity contribution in [3.63, 3.8) is 0 Å². The molecule has 0 saturated heterocycles. The fourth-order valence-corrected chi connectivity index (χ4v) is 4.04. The van der Waals surface area contributed by atoms with Crippen LogP contribution in [0.15, 0.2) is 52.2 Å². The van der Waals surface area contributed by atoms with E-state index in [2.05, 4.69) is 38.1 Å². The summed E-state index contributed by atoms with van der Waals surface area (Å²) in [5.74, 6) is 0.332. The van der Waals surface area contributed by atoms with Crippen LogP contribution in [0.25, 0.3) is 33.5 Å². The van der Waals surface area contributed by atoms with Crippen LogP contribution in [-0.2, 0) is 13.0 Å². The van der Waals surface area contributed by atoms with Crippen LogP contribution in [0.3, 0.4) is 0 Å². The minimum atomic E-state index is -0.650.